The number of thiocarbonyl (C=S) groups is 1. The molecule has 1 atom stereocenters. The van der Waals surface area contributed by atoms with E-state index in [1.807, 2.05) is 36.4 Å². The third-order valence-corrected chi connectivity index (χ3v) is 3.79. The van der Waals surface area contributed by atoms with Crippen LogP contribution in [0.4, 0.5) is 5.69 Å². The van der Waals surface area contributed by atoms with E-state index in [0.717, 1.165) is 23.4 Å². The minimum absolute atomic E-state index is 0.174. The zero-order valence-electron chi connectivity index (χ0n) is 13.2. The van der Waals surface area contributed by atoms with E-state index in [1.165, 1.54) is 5.56 Å². The fourth-order valence-electron chi connectivity index (χ4n) is 2.39. The highest BCUT2D eigenvalue weighted by molar-refractivity contribution is 7.80. The first-order valence-corrected chi connectivity index (χ1v) is 7.82. The van der Waals surface area contributed by atoms with Crippen molar-refractivity contribution in [2.45, 2.75) is 26.3 Å². The molecule has 0 aromatic heterocycles. The van der Waals surface area contributed by atoms with Crippen molar-refractivity contribution in [2.24, 2.45) is 0 Å². The summed E-state index contributed by atoms with van der Waals surface area (Å²) in [5.41, 5.74) is 3.32. The van der Waals surface area contributed by atoms with Gasteiger partial charge in [0.1, 0.15) is 5.75 Å². The molecule has 0 saturated heterocycles. The van der Waals surface area contributed by atoms with Gasteiger partial charge in [0.15, 0.2) is 5.11 Å². The predicted molar refractivity (Wildman–Crippen MR) is 96.6 cm³/mol. The molecule has 22 heavy (non-hydrogen) atoms. The van der Waals surface area contributed by atoms with E-state index in [2.05, 4.69) is 36.6 Å². The SMILES string of the molecule is CC[C@@H](NC(=S)Nc1ccccc1)c1ccc(OC)c(C)c1. The second-order valence-electron chi connectivity index (χ2n) is 5.15. The topological polar surface area (TPSA) is 33.3 Å². The molecule has 0 aliphatic rings. The number of anilines is 1. The average molecular weight is 314 g/mol. The summed E-state index contributed by atoms with van der Waals surface area (Å²) in [4.78, 5) is 0. The van der Waals surface area contributed by atoms with Crippen molar-refractivity contribution >= 4 is 23.0 Å². The maximum atomic E-state index is 5.41. The molecule has 3 nitrogen and oxygen atoms in total. The number of ether oxygens (including phenoxy) is 1. The first kappa shape index (κ1) is 16.3. The van der Waals surface area contributed by atoms with Crippen LogP contribution >= 0.6 is 12.2 Å². The Bertz CT molecular complexity index is 628. The van der Waals surface area contributed by atoms with Crippen molar-refractivity contribution in [3.8, 4) is 5.75 Å². The number of nitrogens with one attached hydrogen (secondary N) is 2. The molecular formula is C18H22N2OS. The molecule has 0 bridgehead atoms. The van der Waals surface area contributed by atoms with Gasteiger partial charge < -0.3 is 15.4 Å². The highest BCUT2D eigenvalue weighted by Crippen LogP contribution is 2.24. The summed E-state index contributed by atoms with van der Waals surface area (Å²) in [7, 11) is 1.69. The number of para-hydroxylation sites is 1. The van der Waals surface area contributed by atoms with E-state index in [0.29, 0.717) is 5.11 Å². The van der Waals surface area contributed by atoms with Crippen molar-refractivity contribution in [1.29, 1.82) is 0 Å². The van der Waals surface area contributed by atoms with Gasteiger partial charge in [0, 0.05) is 5.69 Å². The quantitative estimate of drug-likeness (QED) is 0.799. The number of hydrogen-bond acceptors (Lipinski definition) is 2. The number of methoxy groups -OCH3 is 1. The standard InChI is InChI=1S/C18H22N2OS/c1-4-16(14-10-11-17(21-3)13(2)12-14)20-18(22)19-15-8-6-5-7-9-15/h5-12,16H,4H2,1-3H3,(H2,19,20,22)/t16-/m1/s1. The van der Waals surface area contributed by atoms with E-state index < -0.39 is 0 Å². The molecule has 0 aliphatic carbocycles. The normalized spacial score (nSPS) is 11.6. The smallest absolute Gasteiger partial charge is 0.171 e. The molecule has 0 heterocycles. The summed E-state index contributed by atoms with van der Waals surface area (Å²) < 4.78 is 5.31. The van der Waals surface area contributed by atoms with Crippen LogP contribution in [0.3, 0.4) is 0 Å². The van der Waals surface area contributed by atoms with Crippen molar-refractivity contribution in [1.82, 2.24) is 5.32 Å². The van der Waals surface area contributed by atoms with E-state index in [1.54, 1.807) is 7.11 Å². The number of aryl methyl sites for hydroxylation is 1. The summed E-state index contributed by atoms with van der Waals surface area (Å²) in [5, 5.41) is 7.22. The lowest BCUT2D eigenvalue weighted by Gasteiger charge is -2.21. The molecule has 0 aliphatic heterocycles. The largest absolute Gasteiger partial charge is 0.496 e. The Hall–Kier alpha value is -2.07. The zero-order chi connectivity index (χ0) is 15.9. The molecule has 0 spiro atoms. The van der Waals surface area contributed by atoms with Crippen molar-refractivity contribution < 1.29 is 4.74 Å². The van der Waals surface area contributed by atoms with Crippen LogP contribution in [-0.2, 0) is 0 Å². The third kappa shape index (κ3) is 4.21. The Morgan fingerprint density at radius 3 is 2.50 bits per heavy atom. The zero-order valence-corrected chi connectivity index (χ0v) is 14.0. The molecular weight excluding hydrogens is 292 g/mol. The highest BCUT2D eigenvalue weighted by atomic mass is 32.1. The van der Waals surface area contributed by atoms with Gasteiger partial charge in [0.2, 0.25) is 0 Å². The molecule has 0 radical (unpaired) electrons. The summed E-state index contributed by atoms with van der Waals surface area (Å²) in [6.45, 7) is 4.19. The second-order valence-corrected chi connectivity index (χ2v) is 5.56. The first-order chi connectivity index (χ1) is 10.6. The lowest BCUT2D eigenvalue weighted by Crippen LogP contribution is -2.32. The molecule has 2 N–H and O–H groups in total. The van der Waals surface area contributed by atoms with Crippen molar-refractivity contribution in [3.63, 3.8) is 0 Å². The summed E-state index contributed by atoms with van der Waals surface area (Å²) >= 11 is 5.41. The van der Waals surface area contributed by atoms with Gasteiger partial charge in [-0.1, -0.05) is 37.3 Å². The molecule has 2 aromatic carbocycles. The minimum Gasteiger partial charge on any atom is -0.496 e. The number of rotatable bonds is 5. The monoisotopic (exact) mass is 314 g/mol. The molecule has 0 fully saturated rings. The molecule has 116 valence electrons. The fraction of sp³-hybridized carbons (Fsp3) is 0.278. The van der Waals surface area contributed by atoms with Gasteiger partial charge in [-0.3, -0.25) is 0 Å². The van der Waals surface area contributed by atoms with Gasteiger partial charge in [-0.05, 0) is 54.9 Å². The second kappa shape index (κ2) is 7.80. The lowest BCUT2D eigenvalue weighted by molar-refractivity contribution is 0.411. The Morgan fingerprint density at radius 2 is 1.91 bits per heavy atom. The summed E-state index contributed by atoms with van der Waals surface area (Å²) in [6, 6.07) is 16.3. The highest BCUT2D eigenvalue weighted by Gasteiger charge is 2.12. The third-order valence-electron chi connectivity index (χ3n) is 3.57. The van der Waals surface area contributed by atoms with Gasteiger partial charge in [0.05, 0.1) is 13.2 Å². The summed E-state index contributed by atoms with van der Waals surface area (Å²) in [5.74, 6) is 0.906. The Morgan fingerprint density at radius 1 is 1.18 bits per heavy atom. The minimum atomic E-state index is 0.174. The van der Waals surface area contributed by atoms with Crippen LogP contribution in [0.15, 0.2) is 48.5 Å². The average Bonchev–Trinajstić information content (AvgIpc) is 2.53. The predicted octanol–water partition coefficient (Wildman–Crippen LogP) is 4.44. The van der Waals surface area contributed by atoms with Crippen LogP contribution < -0.4 is 15.4 Å². The molecule has 2 rings (SSSR count). The first-order valence-electron chi connectivity index (χ1n) is 7.41. The molecule has 0 unspecified atom stereocenters. The molecule has 0 amide bonds. The Labute approximate surface area is 137 Å². The van der Waals surface area contributed by atoms with Crippen molar-refractivity contribution in [2.75, 3.05) is 12.4 Å². The maximum absolute atomic E-state index is 5.41. The van der Waals surface area contributed by atoms with Crippen molar-refractivity contribution in [3.05, 3.63) is 59.7 Å². The molecule has 0 saturated carbocycles. The van der Waals surface area contributed by atoms with Crippen LogP contribution in [0.2, 0.25) is 0 Å². The Balaban J connectivity index is 2.05. The van der Waals surface area contributed by atoms with Crippen LogP contribution in [0, 0.1) is 6.92 Å². The Kier molecular flexibility index (Phi) is 5.78. The van der Waals surface area contributed by atoms with Gasteiger partial charge >= 0.3 is 0 Å². The van der Waals surface area contributed by atoms with Gasteiger partial charge in [0.25, 0.3) is 0 Å². The van der Waals surface area contributed by atoms with Crippen LogP contribution in [0.25, 0.3) is 0 Å². The fourth-order valence-corrected chi connectivity index (χ4v) is 2.65. The van der Waals surface area contributed by atoms with E-state index in [-0.39, 0.29) is 6.04 Å². The van der Waals surface area contributed by atoms with Crippen LogP contribution in [0.1, 0.15) is 30.5 Å². The number of benzene rings is 2. The van der Waals surface area contributed by atoms with Gasteiger partial charge in [-0.15, -0.1) is 0 Å². The van der Waals surface area contributed by atoms with Crippen LogP contribution in [0.5, 0.6) is 5.75 Å². The van der Waals surface area contributed by atoms with E-state index in [4.69, 9.17) is 17.0 Å². The lowest BCUT2D eigenvalue weighted by atomic mass is 10.0. The van der Waals surface area contributed by atoms with Gasteiger partial charge in [-0.2, -0.15) is 0 Å². The van der Waals surface area contributed by atoms with Gasteiger partial charge in [-0.25, -0.2) is 0 Å². The maximum Gasteiger partial charge on any atom is 0.171 e. The summed E-state index contributed by atoms with van der Waals surface area (Å²) in [6.07, 6.45) is 0.947. The number of hydrogen-bond donors (Lipinski definition) is 2. The molecule has 2 aromatic rings. The van der Waals surface area contributed by atoms with Crippen LogP contribution in [-0.4, -0.2) is 12.2 Å². The molecule has 4 heteroatoms. The van der Waals surface area contributed by atoms with E-state index >= 15 is 0 Å². The van der Waals surface area contributed by atoms with E-state index in [9.17, 15) is 0 Å².